The molecule has 2 N–H and O–H groups in total. The predicted molar refractivity (Wildman–Crippen MR) is 126 cm³/mol. The van der Waals surface area contributed by atoms with E-state index in [0.717, 1.165) is 23.2 Å². The zero-order valence-electron chi connectivity index (χ0n) is 18.7. The molecular formula is C23H37ClN2OSi. The Morgan fingerprint density at radius 1 is 1.14 bits per heavy atom. The number of benzene rings is 1. The van der Waals surface area contributed by atoms with Crippen LogP contribution in [0.15, 0.2) is 18.2 Å². The van der Waals surface area contributed by atoms with E-state index < -0.39 is 8.07 Å². The monoisotopic (exact) mass is 420 g/mol. The summed E-state index contributed by atoms with van der Waals surface area (Å²) in [6.45, 7) is 17.7. The third-order valence-corrected chi connectivity index (χ3v) is 12.6. The van der Waals surface area contributed by atoms with Crippen molar-refractivity contribution in [2.45, 2.75) is 90.5 Å². The van der Waals surface area contributed by atoms with Crippen LogP contribution in [0.4, 0.5) is 5.69 Å². The summed E-state index contributed by atoms with van der Waals surface area (Å²) in [5, 5.41) is 0. The number of carbonyl (C=O) groups is 1. The highest BCUT2D eigenvalue weighted by Gasteiger charge is 2.41. The summed E-state index contributed by atoms with van der Waals surface area (Å²) in [7, 11) is -1.76. The van der Waals surface area contributed by atoms with Gasteiger partial charge in [-0.3, -0.25) is 4.79 Å². The van der Waals surface area contributed by atoms with Gasteiger partial charge in [0.15, 0.2) is 0 Å². The van der Waals surface area contributed by atoms with E-state index in [9.17, 15) is 4.79 Å². The predicted octanol–water partition coefficient (Wildman–Crippen LogP) is 5.82. The molecule has 2 rings (SSSR count). The molecule has 156 valence electrons. The molecule has 0 aromatic heterocycles. The van der Waals surface area contributed by atoms with Gasteiger partial charge in [-0.15, -0.1) is 18.0 Å². The number of hydrogen-bond donors (Lipinski definition) is 1. The molecule has 1 aliphatic rings. The van der Waals surface area contributed by atoms with Gasteiger partial charge in [0, 0.05) is 30.3 Å². The fourth-order valence-electron chi connectivity index (χ4n) is 5.08. The Morgan fingerprint density at radius 2 is 1.68 bits per heavy atom. The first-order valence-electron chi connectivity index (χ1n) is 10.2. The van der Waals surface area contributed by atoms with Crippen LogP contribution in [0.5, 0.6) is 0 Å². The van der Waals surface area contributed by atoms with Gasteiger partial charge in [0.25, 0.3) is 0 Å². The van der Waals surface area contributed by atoms with E-state index in [1.54, 1.807) is 6.92 Å². The van der Waals surface area contributed by atoms with Gasteiger partial charge in [-0.1, -0.05) is 47.5 Å². The highest BCUT2D eigenvalue weighted by molar-refractivity contribution is 6.90. The van der Waals surface area contributed by atoms with Gasteiger partial charge in [-0.05, 0) is 53.7 Å². The fraction of sp³-hybridized carbons (Fsp3) is 0.609. The Morgan fingerprint density at radius 3 is 2.14 bits per heavy atom. The molecule has 28 heavy (non-hydrogen) atoms. The van der Waals surface area contributed by atoms with Crippen molar-refractivity contribution in [1.29, 1.82) is 0 Å². The van der Waals surface area contributed by atoms with E-state index in [1.165, 1.54) is 0 Å². The van der Waals surface area contributed by atoms with Crippen LogP contribution in [-0.2, 0) is 4.79 Å². The Kier molecular flexibility index (Phi) is 8.38. The summed E-state index contributed by atoms with van der Waals surface area (Å²) in [4.78, 5) is 14.0. The van der Waals surface area contributed by atoms with Gasteiger partial charge in [-0.25, -0.2) is 0 Å². The first kappa shape index (κ1) is 24.8. The number of fused-ring (bicyclic) bond motifs is 1. The molecule has 0 radical (unpaired) electrons. The molecular weight excluding hydrogens is 384 g/mol. The largest absolute Gasteiger partial charge is 0.324 e. The maximum absolute atomic E-state index is 12.1. The molecule has 0 spiro atoms. The summed E-state index contributed by atoms with van der Waals surface area (Å²) in [6, 6.07) is 6.26. The highest BCUT2D eigenvalue weighted by Crippen LogP contribution is 2.41. The Balaban J connectivity index is 0.00000392. The molecule has 1 aromatic rings. The lowest BCUT2D eigenvalue weighted by molar-refractivity contribution is -0.117. The van der Waals surface area contributed by atoms with Crippen LogP contribution in [0.2, 0.25) is 16.6 Å². The molecule has 1 heterocycles. The van der Waals surface area contributed by atoms with Gasteiger partial charge in [0.2, 0.25) is 5.91 Å². The van der Waals surface area contributed by atoms with Gasteiger partial charge in [0.1, 0.15) is 8.07 Å². The lowest BCUT2D eigenvalue weighted by atomic mass is 9.91. The number of carbonyl (C=O) groups excluding carboxylic acids is 1. The average molecular weight is 421 g/mol. The Hall–Kier alpha value is -1.28. The maximum Gasteiger partial charge on any atom is 0.224 e. The first-order valence-corrected chi connectivity index (χ1v) is 12.5. The van der Waals surface area contributed by atoms with Crippen LogP contribution < -0.4 is 10.6 Å². The van der Waals surface area contributed by atoms with Gasteiger partial charge in [0.05, 0.1) is 0 Å². The summed E-state index contributed by atoms with van der Waals surface area (Å²) in [5.41, 5.74) is 15.0. The number of nitrogens with two attached hydrogens (primary N) is 1. The van der Waals surface area contributed by atoms with Crippen molar-refractivity contribution in [3.63, 3.8) is 0 Å². The molecule has 1 aliphatic heterocycles. The van der Waals surface area contributed by atoms with Crippen LogP contribution in [-0.4, -0.2) is 20.0 Å². The van der Waals surface area contributed by atoms with Crippen molar-refractivity contribution in [1.82, 2.24) is 0 Å². The van der Waals surface area contributed by atoms with Gasteiger partial charge < -0.3 is 10.6 Å². The standard InChI is InChI=1S/C23H36N2OSi.ClH/c1-15(2)27(16(3)4,17(5)6)12-11-20-9-10-23-21(14-20)22(24)13-18(7)25(23)19(8)26;/h9-10,14-18,22H,13,24H2,1-8H3;1H/t18-,22+;/m0./s1. The average Bonchev–Trinajstić information content (AvgIpc) is 2.54. The molecule has 0 unspecified atom stereocenters. The number of amides is 1. The van der Waals surface area contributed by atoms with Crippen molar-refractivity contribution in [2.24, 2.45) is 5.73 Å². The second-order valence-corrected chi connectivity index (χ2v) is 14.6. The molecule has 0 saturated carbocycles. The summed E-state index contributed by atoms with van der Waals surface area (Å²) < 4.78 is 0. The van der Waals surface area contributed by atoms with Crippen LogP contribution >= 0.6 is 12.4 Å². The number of nitrogens with zero attached hydrogens (tertiary/aromatic N) is 1. The van der Waals surface area contributed by atoms with Crippen molar-refractivity contribution in [2.75, 3.05) is 4.90 Å². The molecule has 3 nitrogen and oxygen atoms in total. The molecule has 0 fully saturated rings. The zero-order chi connectivity index (χ0) is 20.5. The van der Waals surface area contributed by atoms with E-state index in [1.807, 2.05) is 17.0 Å². The number of rotatable bonds is 3. The Labute approximate surface area is 178 Å². The molecule has 1 amide bonds. The number of anilines is 1. The minimum atomic E-state index is -1.76. The minimum absolute atomic E-state index is 0. The molecule has 0 saturated heterocycles. The normalized spacial score (nSPS) is 19.2. The molecule has 5 heteroatoms. The van der Waals surface area contributed by atoms with Crippen LogP contribution in [0.3, 0.4) is 0 Å². The van der Waals surface area contributed by atoms with Crippen molar-refractivity contribution in [3.8, 4) is 11.5 Å². The molecule has 0 aliphatic carbocycles. The van der Waals surface area contributed by atoms with Crippen LogP contribution in [0.25, 0.3) is 0 Å². The maximum atomic E-state index is 12.1. The van der Waals surface area contributed by atoms with Crippen molar-refractivity contribution < 1.29 is 4.79 Å². The second kappa shape index (κ2) is 9.48. The third kappa shape index (κ3) is 4.48. The van der Waals surface area contributed by atoms with Crippen LogP contribution in [0.1, 0.15) is 79.0 Å². The van der Waals surface area contributed by atoms with Crippen molar-refractivity contribution in [3.05, 3.63) is 29.3 Å². The third-order valence-electron chi connectivity index (χ3n) is 6.35. The molecule has 1 aromatic carbocycles. The second-order valence-electron chi connectivity index (χ2n) is 9.00. The SMILES string of the molecule is CC(=O)N1c2ccc(C#C[Si](C(C)C)(C(C)C)C(C)C)cc2[C@H](N)C[C@@H]1C.Cl. The zero-order valence-corrected chi connectivity index (χ0v) is 20.5. The van der Waals surface area contributed by atoms with E-state index in [4.69, 9.17) is 5.73 Å². The van der Waals surface area contributed by atoms with Crippen molar-refractivity contribution >= 4 is 32.1 Å². The minimum Gasteiger partial charge on any atom is -0.324 e. The summed E-state index contributed by atoms with van der Waals surface area (Å²) >= 11 is 0. The van der Waals surface area contributed by atoms with E-state index in [0.29, 0.717) is 16.6 Å². The summed E-state index contributed by atoms with van der Waals surface area (Å²) in [6.07, 6.45) is 0.784. The van der Waals surface area contributed by atoms with Gasteiger partial charge >= 0.3 is 0 Å². The molecule has 0 bridgehead atoms. The number of halogens is 1. The Bertz CT molecular complexity index is 742. The molecule has 2 atom stereocenters. The fourth-order valence-corrected chi connectivity index (χ4v) is 10.3. The highest BCUT2D eigenvalue weighted by atomic mass is 35.5. The van der Waals surface area contributed by atoms with E-state index in [2.05, 4.69) is 66.0 Å². The van der Waals surface area contributed by atoms with Gasteiger partial charge in [-0.2, -0.15) is 0 Å². The van der Waals surface area contributed by atoms with E-state index >= 15 is 0 Å². The lowest BCUT2D eigenvalue weighted by Crippen LogP contribution is -2.43. The topological polar surface area (TPSA) is 46.3 Å². The smallest absolute Gasteiger partial charge is 0.224 e. The quantitative estimate of drug-likeness (QED) is 0.494. The first-order chi connectivity index (χ1) is 12.5. The van der Waals surface area contributed by atoms with Crippen LogP contribution in [0, 0.1) is 11.5 Å². The summed E-state index contributed by atoms with van der Waals surface area (Å²) in [5.74, 6) is 3.58. The van der Waals surface area contributed by atoms with E-state index in [-0.39, 0.29) is 30.4 Å². The lowest BCUT2D eigenvalue weighted by Gasteiger charge is -2.38. The number of hydrogen-bond acceptors (Lipinski definition) is 2.